The van der Waals surface area contributed by atoms with E-state index in [0.717, 1.165) is 12.8 Å². The first-order valence-corrected chi connectivity index (χ1v) is 9.78. The van der Waals surface area contributed by atoms with E-state index >= 15 is 0 Å². The number of aryl methyl sites for hydroxylation is 1. The number of carbonyl (C=O) groups is 3. The van der Waals surface area contributed by atoms with Gasteiger partial charge in [0.15, 0.2) is 0 Å². The van der Waals surface area contributed by atoms with Crippen LogP contribution in [-0.4, -0.2) is 34.2 Å². The first-order chi connectivity index (χ1) is 14.3. The normalized spacial score (nSPS) is 10.8. The van der Waals surface area contributed by atoms with E-state index in [1.807, 2.05) is 13.8 Å². The van der Waals surface area contributed by atoms with E-state index in [9.17, 15) is 14.4 Å². The summed E-state index contributed by atoms with van der Waals surface area (Å²) in [4.78, 5) is 42.5. The minimum atomic E-state index is -0.529. The van der Waals surface area contributed by atoms with Crippen LogP contribution in [0.25, 0.3) is 5.65 Å². The molecule has 3 amide bonds. The second-order valence-corrected chi connectivity index (χ2v) is 7.12. The Morgan fingerprint density at radius 3 is 2.40 bits per heavy atom. The Balaban J connectivity index is 1.87. The number of imidazole rings is 1. The van der Waals surface area contributed by atoms with E-state index in [4.69, 9.17) is 5.73 Å². The second-order valence-electron chi connectivity index (χ2n) is 7.12. The van der Waals surface area contributed by atoms with Crippen molar-refractivity contribution in [2.45, 2.75) is 33.1 Å². The van der Waals surface area contributed by atoms with Gasteiger partial charge in [0, 0.05) is 30.9 Å². The summed E-state index contributed by atoms with van der Waals surface area (Å²) in [5, 5.41) is 2.79. The van der Waals surface area contributed by atoms with Crippen molar-refractivity contribution < 1.29 is 14.4 Å². The van der Waals surface area contributed by atoms with Crippen molar-refractivity contribution >= 4 is 34.9 Å². The number of nitrogens with one attached hydrogen (secondary N) is 1. The molecule has 0 aliphatic rings. The van der Waals surface area contributed by atoms with Crippen LogP contribution in [0, 0.1) is 6.92 Å². The van der Waals surface area contributed by atoms with Crippen molar-refractivity contribution in [1.29, 1.82) is 0 Å². The van der Waals surface area contributed by atoms with Crippen LogP contribution < -0.4 is 16.0 Å². The van der Waals surface area contributed by atoms with Crippen LogP contribution >= 0.6 is 0 Å². The lowest BCUT2D eigenvalue weighted by Crippen LogP contribution is -2.27. The molecule has 30 heavy (non-hydrogen) atoms. The smallest absolute Gasteiger partial charge is 0.257 e. The van der Waals surface area contributed by atoms with E-state index < -0.39 is 5.91 Å². The number of benzene rings is 1. The summed E-state index contributed by atoms with van der Waals surface area (Å²) in [5.74, 6) is -0.197. The number of fused-ring (bicyclic) bond motifs is 1. The van der Waals surface area contributed by atoms with Crippen molar-refractivity contribution in [2.75, 3.05) is 17.3 Å². The van der Waals surface area contributed by atoms with Gasteiger partial charge >= 0.3 is 0 Å². The van der Waals surface area contributed by atoms with Crippen molar-refractivity contribution in [1.82, 2.24) is 9.38 Å². The summed E-state index contributed by atoms with van der Waals surface area (Å²) in [6.07, 6.45) is 3.89. The first-order valence-electron chi connectivity index (χ1n) is 9.78. The van der Waals surface area contributed by atoms with Gasteiger partial charge in [-0.2, -0.15) is 0 Å². The summed E-state index contributed by atoms with van der Waals surface area (Å²) in [6, 6.07) is 9.75. The molecule has 156 valence electrons. The highest BCUT2D eigenvalue weighted by molar-refractivity contribution is 6.04. The maximum absolute atomic E-state index is 12.7. The molecule has 0 aliphatic heterocycles. The van der Waals surface area contributed by atoms with Gasteiger partial charge in [-0.15, -0.1) is 0 Å². The fraction of sp³-hybridized carbons (Fsp3) is 0.273. The first kappa shape index (κ1) is 21.0. The lowest BCUT2D eigenvalue weighted by atomic mass is 10.2. The van der Waals surface area contributed by atoms with Gasteiger partial charge in [0.25, 0.3) is 5.91 Å². The fourth-order valence-corrected chi connectivity index (χ4v) is 3.22. The van der Waals surface area contributed by atoms with Crippen molar-refractivity contribution in [2.24, 2.45) is 5.73 Å². The zero-order valence-electron chi connectivity index (χ0n) is 17.3. The predicted octanol–water partition coefficient (Wildman–Crippen LogP) is 3.15. The Morgan fingerprint density at radius 2 is 1.77 bits per heavy atom. The quantitative estimate of drug-likeness (QED) is 0.627. The molecule has 2 aromatic heterocycles. The molecule has 0 unspecified atom stereocenters. The topological polar surface area (TPSA) is 110 Å². The van der Waals surface area contributed by atoms with Crippen LogP contribution in [0.1, 0.15) is 52.6 Å². The third kappa shape index (κ3) is 4.32. The van der Waals surface area contributed by atoms with E-state index in [1.54, 1.807) is 58.9 Å². The van der Waals surface area contributed by atoms with Crippen molar-refractivity contribution in [3.8, 4) is 0 Å². The second kappa shape index (κ2) is 8.77. The predicted molar refractivity (Wildman–Crippen MR) is 116 cm³/mol. The zero-order valence-corrected chi connectivity index (χ0v) is 17.3. The van der Waals surface area contributed by atoms with E-state index in [-0.39, 0.29) is 11.8 Å². The molecular formula is C22H25N5O3. The van der Waals surface area contributed by atoms with Crippen molar-refractivity contribution in [3.63, 3.8) is 0 Å². The molecule has 3 N–H and O–H groups in total. The van der Waals surface area contributed by atoms with Gasteiger partial charge in [0.2, 0.25) is 11.8 Å². The molecule has 0 fully saturated rings. The molecular weight excluding hydrogens is 382 g/mol. The van der Waals surface area contributed by atoms with Crippen LogP contribution in [-0.2, 0) is 4.79 Å². The van der Waals surface area contributed by atoms with Gasteiger partial charge in [-0.1, -0.05) is 13.3 Å². The average molecular weight is 407 g/mol. The Kier molecular flexibility index (Phi) is 6.15. The number of aromatic nitrogens is 2. The van der Waals surface area contributed by atoms with Crippen LogP contribution in [0.4, 0.5) is 11.5 Å². The van der Waals surface area contributed by atoms with E-state index in [2.05, 4.69) is 10.3 Å². The third-order valence-corrected chi connectivity index (χ3v) is 4.89. The number of pyridine rings is 1. The van der Waals surface area contributed by atoms with Gasteiger partial charge in [0.1, 0.15) is 11.5 Å². The van der Waals surface area contributed by atoms with Gasteiger partial charge in [0.05, 0.1) is 11.3 Å². The summed E-state index contributed by atoms with van der Waals surface area (Å²) in [6.45, 7) is 3.88. The third-order valence-electron chi connectivity index (χ3n) is 4.89. The number of amides is 3. The number of nitrogens with two attached hydrogens (primary N) is 1. The van der Waals surface area contributed by atoms with Gasteiger partial charge in [-0.25, -0.2) is 4.98 Å². The molecule has 0 aliphatic carbocycles. The SMILES string of the molecule is CCCCC(=O)N(C)c1c(C)nc2ccc(C(=O)Nc3ccc(C(N)=O)cc3)cn12. The minimum Gasteiger partial charge on any atom is -0.366 e. The number of anilines is 2. The Labute approximate surface area is 174 Å². The maximum Gasteiger partial charge on any atom is 0.257 e. The molecule has 0 bridgehead atoms. The van der Waals surface area contributed by atoms with Crippen LogP contribution in [0.5, 0.6) is 0 Å². The molecule has 0 spiro atoms. The standard InChI is InChI=1S/C22H25N5O3/c1-4-5-6-19(28)26(3)22-14(2)24-18-12-9-16(13-27(18)22)21(30)25-17-10-7-15(8-11-17)20(23)29/h7-13H,4-6H2,1-3H3,(H2,23,29)(H,25,30). The lowest BCUT2D eigenvalue weighted by molar-refractivity contribution is -0.118. The van der Waals surface area contributed by atoms with Crippen LogP contribution in [0.15, 0.2) is 42.6 Å². The molecule has 1 aromatic carbocycles. The average Bonchev–Trinajstić information content (AvgIpc) is 3.06. The Hall–Kier alpha value is -3.68. The van der Waals surface area contributed by atoms with E-state index in [0.29, 0.717) is 40.4 Å². The summed E-state index contributed by atoms with van der Waals surface area (Å²) >= 11 is 0. The Bertz CT molecular complexity index is 1100. The zero-order chi connectivity index (χ0) is 21.8. The molecule has 0 saturated heterocycles. The molecule has 0 saturated carbocycles. The van der Waals surface area contributed by atoms with E-state index in [1.165, 1.54) is 0 Å². The highest BCUT2D eigenvalue weighted by Crippen LogP contribution is 2.23. The van der Waals surface area contributed by atoms with Crippen LogP contribution in [0.3, 0.4) is 0 Å². The molecule has 8 nitrogen and oxygen atoms in total. The molecule has 8 heteroatoms. The highest BCUT2D eigenvalue weighted by Gasteiger charge is 2.19. The molecule has 2 heterocycles. The number of primary amides is 1. The number of unbranched alkanes of at least 4 members (excludes halogenated alkanes) is 1. The fourth-order valence-electron chi connectivity index (χ4n) is 3.22. The Morgan fingerprint density at radius 1 is 1.10 bits per heavy atom. The lowest BCUT2D eigenvalue weighted by Gasteiger charge is -2.18. The largest absolute Gasteiger partial charge is 0.366 e. The van der Waals surface area contributed by atoms with Gasteiger partial charge in [-0.05, 0) is 49.7 Å². The van der Waals surface area contributed by atoms with Gasteiger partial charge in [-0.3, -0.25) is 23.7 Å². The number of hydrogen-bond donors (Lipinski definition) is 2. The minimum absolute atomic E-state index is 0.00569. The number of hydrogen-bond acceptors (Lipinski definition) is 4. The molecule has 0 radical (unpaired) electrons. The molecule has 0 atom stereocenters. The number of carbonyl (C=O) groups excluding carboxylic acids is 3. The van der Waals surface area contributed by atoms with Crippen LogP contribution in [0.2, 0.25) is 0 Å². The summed E-state index contributed by atoms with van der Waals surface area (Å²) < 4.78 is 1.75. The number of nitrogens with zero attached hydrogens (tertiary/aromatic N) is 3. The highest BCUT2D eigenvalue weighted by atomic mass is 16.2. The molecule has 3 aromatic rings. The van der Waals surface area contributed by atoms with Gasteiger partial charge < -0.3 is 11.1 Å². The monoisotopic (exact) mass is 407 g/mol. The number of rotatable bonds is 7. The molecule has 3 rings (SSSR count). The summed E-state index contributed by atoms with van der Waals surface area (Å²) in [7, 11) is 1.72. The summed E-state index contributed by atoms with van der Waals surface area (Å²) in [5.41, 5.74) is 7.91. The maximum atomic E-state index is 12.7. The van der Waals surface area contributed by atoms with Crippen molar-refractivity contribution in [3.05, 3.63) is 59.4 Å².